The Hall–Kier alpha value is -0.430. The molecule has 1 spiro atoms. The Morgan fingerprint density at radius 3 is 1.90 bits per heavy atom. The summed E-state index contributed by atoms with van der Waals surface area (Å²) in [6, 6.07) is 10.9. The first-order valence-electron chi connectivity index (χ1n) is 8.26. The fraction of sp³-hybridized carbons (Fsp3) is 0.667. The van der Waals surface area contributed by atoms with Crippen molar-refractivity contribution in [2.75, 3.05) is 0 Å². The summed E-state index contributed by atoms with van der Waals surface area (Å²) in [5.74, 6) is 0. The van der Waals surface area contributed by atoms with Crippen molar-refractivity contribution in [3.63, 3.8) is 0 Å². The first-order valence-corrected chi connectivity index (χ1v) is 10.3. The second-order valence-electron chi connectivity index (χ2n) is 8.36. The van der Waals surface area contributed by atoms with Gasteiger partial charge in [0.05, 0.1) is 0 Å². The van der Waals surface area contributed by atoms with Crippen LogP contribution in [0.2, 0.25) is 0 Å². The predicted molar refractivity (Wildman–Crippen MR) is 89.4 cm³/mol. The van der Waals surface area contributed by atoms with E-state index in [0.717, 1.165) is 6.42 Å². The van der Waals surface area contributed by atoms with Gasteiger partial charge in [0.2, 0.25) is 0 Å². The molecule has 2 bridgehead atoms. The van der Waals surface area contributed by atoms with Gasteiger partial charge in [-0.15, -0.1) is 0 Å². The number of hydrogen-bond acceptors (Lipinski definition) is 2. The fourth-order valence-electron chi connectivity index (χ4n) is 5.85. The summed E-state index contributed by atoms with van der Waals surface area (Å²) in [5.41, 5.74) is 0. The van der Waals surface area contributed by atoms with Gasteiger partial charge >= 0.3 is 128 Å². The van der Waals surface area contributed by atoms with Crippen molar-refractivity contribution in [3.8, 4) is 0 Å². The van der Waals surface area contributed by atoms with E-state index in [9.17, 15) is 0 Å². The molecule has 3 heteroatoms. The summed E-state index contributed by atoms with van der Waals surface area (Å²) in [6.07, 6.45) is 5.41. The summed E-state index contributed by atoms with van der Waals surface area (Å²) < 4.78 is 14.0. The Balaban J connectivity index is 2.00. The van der Waals surface area contributed by atoms with Crippen LogP contribution in [0.25, 0.3) is 0 Å². The van der Waals surface area contributed by atoms with Crippen molar-refractivity contribution in [3.05, 3.63) is 30.3 Å². The molecule has 1 aliphatic carbocycles. The molecule has 2 nitrogen and oxygen atoms in total. The van der Waals surface area contributed by atoms with E-state index < -0.39 is 7.06 Å². The third-order valence-electron chi connectivity index (χ3n) is 6.33. The van der Waals surface area contributed by atoms with Gasteiger partial charge < -0.3 is 0 Å². The van der Waals surface area contributed by atoms with E-state index in [1.54, 1.807) is 0 Å². The van der Waals surface area contributed by atoms with Crippen molar-refractivity contribution >= 4 is 12.4 Å². The molecule has 1 aromatic carbocycles. The van der Waals surface area contributed by atoms with Gasteiger partial charge in [0, 0.05) is 0 Å². The van der Waals surface area contributed by atoms with Crippen LogP contribution in [0, 0.1) is 0 Å². The van der Waals surface area contributed by atoms with Gasteiger partial charge in [0.1, 0.15) is 0 Å². The quantitative estimate of drug-likeness (QED) is 0.705. The molecule has 4 rings (SSSR count). The zero-order valence-electron chi connectivity index (χ0n) is 13.6. The van der Waals surface area contributed by atoms with Crippen molar-refractivity contribution in [1.29, 1.82) is 0 Å². The molecule has 2 saturated heterocycles. The van der Waals surface area contributed by atoms with Gasteiger partial charge in [-0.3, -0.25) is 0 Å². The minimum atomic E-state index is -2.88. The topological polar surface area (TPSA) is 18.5 Å². The van der Waals surface area contributed by atoms with Gasteiger partial charge in [-0.2, -0.15) is 0 Å². The number of hydrogen-bond donors (Lipinski definition) is 0. The molecule has 0 N–H and O–H groups in total. The summed E-state index contributed by atoms with van der Waals surface area (Å²) >= 11 is 0. The average molecular weight is 306 g/mol. The Bertz CT molecular complexity index is 548. The van der Waals surface area contributed by atoms with Gasteiger partial charge in [-0.05, 0) is 0 Å². The summed E-state index contributed by atoms with van der Waals surface area (Å²) in [4.78, 5) is 0. The SMILES string of the molecule is CC1(C)CC(C)(C)P12(c1ccccc1)OC1CCC(C1)O2. The van der Waals surface area contributed by atoms with E-state index in [-0.39, 0.29) is 10.3 Å². The van der Waals surface area contributed by atoms with E-state index in [2.05, 4.69) is 58.0 Å². The molecule has 0 radical (unpaired) electrons. The normalized spacial score (nSPS) is 39.1. The first kappa shape index (κ1) is 14.2. The molecule has 1 saturated carbocycles. The van der Waals surface area contributed by atoms with Crippen LogP contribution >= 0.6 is 7.06 Å². The van der Waals surface area contributed by atoms with Crippen molar-refractivity contribution in [2.24, 2.45) is 0 Å². The van der Waals surface area contributed by atoms with Gasteiger partial charge in [0.25, 0.3) is 0 Å². The van der Waals surface area contributed by atoms with Crippen LogP contribution < -0.4 is 5.30 Å². The van der Waals surface area contributed by atoms with Crippen molar-refractivity contribution < 1.29 is 9.05 Å². The second-order valence-corrected chi connectivity index (χ2v) is 13.6. The third kappa shape index (κ3) is 1.36. The molecule has 2 aliphatic heterocycles. The van der Waals surface area contributed by atoms with Crippen LogP contribution in [0.5, 0.6) is 0 Å². The summed E-state index contributed by atoms with van der Waals surface area (Å²) in [5, 5.41) is 1.55. The number of fused-ring (bicyclic) bond motifs is 2. The van der Waals surface area contributed by atoms with Gasteiger partial charge in [-0.1, -0.05) is 0 Å². The Morgan fingerprint density at radius 2 is 1.43 bits per heavy atom. The Labute approximate surface area is 128 Å². The van der Waals surface area contributed by atoms with Crippen LogP contribution in [-0.4, -0.2) is 22.5 Å². The van der Waals surface area contributed by atoms with E-state index in [0.29, 0.717) is 12.2 Å². The molecule has 0 amide bonds. The van der Waals surface area contributed by atoms with Gasteiger partial charge in [0.15, 0.2) is 0 Å². The fourth-order valence-corrected chi connectivity index (χ4v) is 13.7. The second kappa shape index (κ2) is 3.91. The van der Waals surface area contributed by atoms with Crippen LogP contribution in [0.3, 0.4) is 0 Å². The molecule has 2 unspecified atom stereocenters. The standard InChI is InChI=1S/C18H27O2P/c1-17(2)13-18(3,4)21(17,16-8-6-5-7-9-16)19-14-10-11-15(12-14)20-21/h5-9,14-15H,10-13H2,1-4H3. The molecule has 3 fully saturated rings. The molecule has 3 aliphatic rings. The molecule has 116 valence electrons. The van der Waals surface area contributed by atoms with E-state index in [4.69, 9.17) is 9.05 Å². The minimum absolute atomic E-state index is 0.109. The van der Waals surface area contributed by atoms with E-state index in [1.807, 2.05) is 0 Å². The predicted octanol–water partition coefficient (Wildman–Crippen LogP) is 4.62. The molecule has 0 aromatic heterocycles. The monoisotopic (exact) mass is 306 g/mol. The molecule has 2 atom stereocenters. The maximum atomic E-state index is 7.01. The molecule has 2 heterocycles. The first-order chi connectivity index (χ1) is 9.81. The summed E-state index contributed by atoms with van der Waals surface area (Å²) in [7, 11) is -2.88. The molecular formula is C18H27O2P. The Kier molecular flexibility index (Phi) is 2.64. The number of rotatable bonds is 1. The van der Waals surface area contributed by atoms with E-state index >= 15 is 0 Å². The third-order valence-corrected chi connectivity index (χ3v) is 13.7. The maximum absolute atomic E-state index is 7.01. The Morgan fingerprint density at radius 1 is 0.905 bits per heavy atom. The van der Waals surface area contributed by atoms with Crippen molar-refractivity contribution in [2.45, 2.75) is 75.9 Å². The zero-order valence-corrected chi connectivity index (χ0v) is 14.5. The van der Waals surface area contributed by atoms with Crippen molar-refractivity contribution in [1.82, 2.24) is 0 Å². The molecule has 1 aromatic rings. The van der Waals surface area contributed by atoms with E-state index in [1.165, 1.54) is 24.6 Å². The van der Waals surface area contributed by atoms with Crippen LogP contribution in [0.15, 0.2) is 30.3 Å². The van der Waals surface area contributed by atoms with Crippen LogP contribution in [-0.2, 0) is 9.05 Å². The molecular weight excluding hydrogens is 279 g/mol. The molecule has 21 heavy (non-hydrogen) atoms. The number of benzene rings is 1. The zero-order chi connectivity index (χ0) is 15.0. The van der Waals surface area contributed by atoms with Crippen LogP contribution in [0.4, 0.5) is 0 Å². The average Bonchev–Trinajstić information content (AvgIpc) is 2.77. The summed E-state index contributed by atoms with van der Waals surface area (Å²) in [6.45, 7) is 9.48. The van der Waals surface area contributed by atoms with Gasteiger partial charge in [-0.25, -0.2) is 0 Å². The van der Waals surface area contributed by atoms with Crippen LogP contribution in [0.1, 0.15) is 53.4 Å².